The lowest BCUT2D eigenvalue weighted by Gasteiger charge is -2.07. The molecule has 2 aromatic carbocycles. The molecular weight excluding hydrogens is 366 g/mol. The van der Waals surface area contributed by atoms with Crippen molar-refractivity contribution >= 4 is 17.3 Å². The molecule has 3 N–H and O–H groups in total. The van der Waals surface area contributed by atoms with Gasteiger partial charge < -0.3 is 20.5 Å². The van der Waals surface area contributed by atoms with Gasteiger partial charge in [-0.2, -0.15) is 4.98 Å². The van der Waals surface area contributed by atoms with Gasteiger partial charge in [0, 0.05) is 17.3 Å². The number of hydrogen-bond acceptors (Lipinski definition) is 6. The zero-order valence-corrected chi connectivity index (χ0v) is 16.2. The van der Waals surface area contributed by atoms with Gasteiger partial charge in [-0.15, -0.1) is 5.10 Å². The molecule has 0 radical (unpaired) electrons. The molecule has 0 aliphatic carbocycles. The second kappa shape index (κ2) is 8.62. The first-order valence-electron chi connectivity index (χ1n) is 9.47. The normalized spacial score (nSPS) is 10.8. The number of rotatable bonds is 8. The monoisotopic (exact) mass is 389 g/mol. The average molecular weight is 389 g/mol. The molecule has 0 aliphatic heterocycles. The maximum atomic E-state index is 5.70. The Bertz CT molecular complexity index is 1090. The summed E-state index contributed by atoms with van der Waals surface area (Å²) in [5.41, 5.74) is 9.11. The van der Waals surface area contributed by atoms with Crippen molar-refractivity contribution in [2.24, 2.45) is 5.73 Å². The van der Waals surface area contributed by atoms with Crippen LogP contribution < -0.4 is 20.5 Å². The van der Waals surface area contributed by atoms with Crippen molar-refractivity contribution in [2.45, 2.75) is 6.42 Å². The van der Waals surface area contributed by atoms with Crippen LogP contribution in [0.4, 0.5) is 11.6 Å². The van der Waals surface area contributed by atoms with Crippen molar-refractivity contribution in [3.05, 3.63) is 66.7 Å². The van der Waals surface area contributed by atoms with E-state index in [0.29, 0.717) is 19.1 Å². The van der Waals surface area contributed by atoms with Crippen LogP contribution in [0.2, 0.25) is 0 Å². The molecular formula is C22H23N5O2. The minimum atomic E-state index is 0.519. The summed E-state index contributed by atoms with van der Waals surface area (Å²) >= 11 is 0. The molecule has 0 spiro atoms. The maximum Gasteiger partial charge on any atom is 0.247 e. The Kier molecular flexibility index (Phi) is 5.58. The summed E-state index contributed by atoms with van der Waals surface area (Å²) in [4.78, 5) is 4.59. The number of nitrogens with zero attached hydrogens (tertiary/aromatic N) is 3. The second-order valence-corrected chi connectivity index (χ2v) is 6.49. The van der Waals surface area contributed by atoms with Gasteiger partial charge in [-0.25, -0.2) is 4.52 Å². The predicted molar refractivity (Wildman–Crippen MR) is 114 cm³/mol. The van der Waals surface area contributed by atoms with E-state index >= 15 is 0 Å². The van der Waals surface area contributed by atoms with Crippen LogP contribution >= 0.6 is 0 Å². The summed E-state index contributed by atoms with van der Waals surface area (Å²) < 4.78 is 12.8. The molecule has 0 bridgehead atoms. The van der Waals surface area contributed by atoms with Crippen molar-refractivity contribution in [2.75, 3.05) is 25.6 Å². The number of fused-ring (bicyclic) bond motifs is 1. The van der Waals surface area contributed by atoms with Gasteiger partial charge in [-0.1, -0.05) is 12.1 Å². The molecule has 0 aliphatic rings. The number of nitrogens with two attached hydrogens (primary N) is 1. The van der Waals surface area contributed by atoms with E-state index in [1.807, 2.05) is 71.2 Å². The third-order valence-electron chi connectivity index (χ3n) is 4.45. The van der Waals surface area contributed by atoms with Gasteiger partial charge in [-0.3, -0.25) is 0 Å². The highest BCUT2D eigenvalue weighted by Crippen LogP contribution is 2.25. The number of methoxy groups -OCH3 is 1. The highest BCUT2D eigenvalue weighted by Gasteiger charge is 2.09. The van der Waals surface area contributed by atoms with E-state index in [0.717, 1.165) is 40.5 Å². The molecule has 4 rings (SSSR count). The maximum absolute atomic E-state index is 5.70. The lowest BCUT2D eigenvalue weighted by molar-refractivity contribution is 0.313. The van der Waals surface area contributed by atoms with Crippen molar-refractivity contribution in [1.82, 2.24) is 14.6 Å². The minimum absolute atomic E-state index is 0.519. The summed E-state index contributed by atoms with van der Waals surface area (Å²) in [5.74, 6) is 2.12. The Morgan fingerprint density at radius 1 is 1.00 bits per heavy atom. The van der Waals surface area contributed by atoms with Gasteiger partial charge in [-0.05, 0) is 61.5 Å². The summed E-state index contributed by atoms with van der Waals surface area (Å²) in [6, 6.07) is 21.5. The zero-order chi connectivity index (χ0) is 20.1. The highest BCUT2D eigenvalue weighted by molar-refractivity contribution is 5.65. The molecule has 0 saturated heterocycles. The van der Waals surface area contributed by atoms with Crippen LogP contribution in [0.5, 0.6) is 11.5 Å². The van der Waals surface area contributed by atoms with Crippen LogP contribution in [0.1, 0.15) is 6.42 Å². The smallest absolute Gasteiger partial charge is 0.247 e. The van der Waals surface area contributed by atoms with E-state index in [-0.39, 0.29) is 0 Å². The Balaban J connectivity index is 1.59. The molecule has 4 aromatic rings. The van der Waals surface area contributed by atoms with Crippen molar-refractivity contribution < 1.29 is 9.47 Å². The highest BCUT2D eigenvalue weighted by atomic mass is 16.5. The molecule has 0 saturated carbocycles. The Morgan fingerprint density at radius 2 is 1.83 bits per heavy atom. The molecule has 0 amide bonds. The lowest BCUT2D eigenvalue weighted by atomic mass is 10.1. The van der Waals surface area contributed by atoms with Gasteiger partial charge in [0.15, 0.2) is 5.65 Å². The molecule has 7 nitrogen and oxygen atoms in total. The Labute approximate surface area is 169 Å². The summed E-state index contributed by atoms with van der Waals surface area (Å²) in [7, 11) is 1.66. The summed E-state index contributed by atoms with van der Waals surface area (Å²) in [5, 5.41) is 7.89. The number of benzene rings is 2. The molecule has 0 fully saturated rings. The van der Waals surface area contributed by atoms with E-state index in [1.54, 1.807) is 7.11 Å². The van der Waals surface area contributed by atoms with E-state index < -0.39 is 0 Å². The Morgan fingerprint density at radius 3 is 2.62 bits per heavy atom. The van der Waals surface area contributed by atoms with Gasteiger partial charge in [0.05, 0.1) is 19.4 Å². The number of aromatic nitrogens is 3. The topological polar surface area (TPSA) is 86.7 Å². The Hall–Kier alpha value is -3.58. The molecule has 2 aromatic heterocycles. The van der Waals surface area contributed by atoms with Crippen molar-refractivity contribution in [3.63, 3.8) is 0 Å². The van der Waals surface area contributed by atoms with E-state index in [2.05, 4.69) is 15.4 Å². The predicted octanol–water partition coefficient (Wildman–Crippen LogP) is 3.88. The third-order valence-corrected chi connectivity index (χ3v) is 4.45. The molecule has 7 heteroatoms. The van der Waals surface area contributed by atoms with Gasteiger partial charge in [0.2, 0.25) is 5.95 Å². The summed E-state index contributed by atoms with van der Waals surface area (Å²) in [6.07, 6.45) is 0.819. The van der Waals surface area contributed by atoms with E-state index in [9.17, 15) is 0 Å². The number of anilines is 2. The lowest BCUT2D eigenvalue weighted by Crippen LogP contribution is -2.06. The first-order valence-corrected chi connectivity index (χ1v) is 9.47. The van der Waals surface area contributed by atoms with Crippen LogP contribution in [0.15, 0.2) is 66.7 Å². The molecule has 148 valence electrons. The largest absolute Gasteiger partial charge is 0.497 e. The fourth-order valence-electron chi connectivity index (χ4n) is 3.00. The number of hydrogen-bond donors (Lipinski definition) is 2. The van der Waals surface area contributed by atoms with Crippen molar-refractivity contribution in [1.29, 1.82) is 0 Å². The quantitative estimate of drug-likeness (QED) is 0.445. The van der Waals surface area contributed by atoms with Crippen LogP contribution in [0.3, 0.4) is 0 Å². The molecule has 0 unspecified atom stereocenters. The third kappa shape index (κ3) is 4.30. The van der Waals surface area contributed by atoms with Gasteiger partial charge >= 0.3 is 0 Å². The first kappa shape index (κ1) is 18.8. The fraction of sp³-hybridized carbons (Fsp3) is 0.182. The minimum Gasteiger partial charge on any atom is -0.497 e. The van der Waals surface area contributed by atoms with E-state index in [1.165, 1.54) is 0 Å². The van der Waals surface area contributed by atoms with Crippen LogP contribution in [-0.2, 0) is 0 Å². The standard InChI is InChI=1S/C22H23N5O2/c1-28-18-11-9-16(10-12-18)20-7-3-8-21-25-22(26-27(20)21)24-17-5-2-6-19(15-17)29-14-4-13-23/h2-3,5-12,15H,4,13-14,23H2,1H3,(H,24,26). The number of pyridine rings is 1. The van der Waals surface area contributed by atoms with Gasteiger partial charge in [0.25, 0.3) is 0 Å². The second-order valence-electron chi connectivity index (χ2n) is 6.49. The zero-order valence-electron chi connectivity index (χ0n) is 16.2. The van der Waals surface area contributed by atoms with Crippen LogP contribution in [-0.4, -0.2) is 34.9 Å². The van der Waals surface area contributed by atoms with Gasteiger partial charge in [0.1, 0.15) is 11.5 Å². The fourth-order valence-corrected chi connectivity index (χ4v) is 3.00. The summed E-state index contributed by atoms with van der Waals surface area (Å²) in [6.45, 7) is 1.21. The molecule has 0 atom stereocenters. The van der Waals surface area contributed by atoms with Crippen LogP contribution in [0, 0.1) is 0 Å². The first-order chi connectivity index (χ1) is 14.3. The average Bonchev–Trinajstić information content (AvgIpc) is 3.17. The molecule has 2 heterocycles. The number of nitrogens with one attached hydrogen (secondary N) is 1. The van der Waals surface area contributed by atoms with Crippen molar-refractivity contribution in [3.8, 4) is 22.8 Å². The SMILES string of the molecule is COc1ccc(-c2cccc3nc(Nc4cccc(OCCCN)c4)nn23)cc1. The number of ether oxygens (including phenoxy) is 2. The molecule has 29 heavy (non-hydrogen) atoms. The van der Waals surface area contributed by atoms with Crippen LogP contribution in [0.25, 0.3) is 16.9 Å². The van der Waals surface area contributed by atoms with E-state index in [4.69, 9.17) is 15.2 Å².